The maximum absolute atomic E-state index is 13.8. The lowest BCUT2D eigenvalue weighted by atomic mass is 10.1. The van der Waals surface area contributed by atoms with Crippen molar-refractivity contribution in [3.63, 3.8) is 0 Å². The molecule has 1 aliphatic rings. The van der Waals surface area contributed by atoms with Crippen molar-refractivity contribution < 1.29 is 23.4 Å². The summed E-state index contributed by atoms with van der Waals surface area (Å²) in [6, 6.07) is 11.2. The fraction of sp³-hybridized carbons (Fsp3) is 0.111. The van der Waals surface area contributed by atoms with E-state index in [1.807, 2.05) is 0 Å². The molecule has 2 aromatic rings. The number of methoxy groups -OCH3 is 2. The SMILES string of the molecule is COc1cccc(/C=C2\N=C(c3ccccc3F)OC2=O)c1OC. The first-order valence-electron chi connectivity index (χ1n) is 7.12. The van der Waals surface area contributed by atoms with Crippen molar-refractivity contribution in [2.45, 2.75) is 0 Å². The maximum Gasteiger partial charge on any atom is 0.363 e. The van der Waals surface area contributed by atoms with Crippen LogP contribution >= 0.6 is 0 Å². The minimum Gasteiger partial charge on any atom is -0.493 e. The molecule has 24 heavy (non-hydrogen) atoms. The monoisotopic (exact) mass is 327 g/mol. The van der Waals surface area contributed by atoms with Crippen LogP contribution in [0.1, 0.15) is 11.1 Å². The second-order valence-corrected chi connectivity index (χ2v) is 4.90. The number of carbonyl (C=O) groups is 1. The molecule has 2 aromatic carbocycles. The summed E-state index contributed by atoms with van der Waals surface area (Å²) in [5, 5.41) is 0. The second-order valence-electron chi connectivity index (χ2n) is 4.90. The van der Waals surface area contributed by atoms with Gasteiger partial charge in [0.2, 0.25) is 5.90 Å². The van der Waals surface area contributed by atoms with Gasteiger partial charge in [-0.2, -0.15) is 0 Å². The lowest BCUT2D eigenvalue weighted by molar-refractivity contribution is -0.129. The Kier molecular flexibility index (Phi) is 4.29. The fourth-order valence-electron chi connectivity index (χ4n) is 2.33. The zero-order valence-electron chi connectivity index (χ0n) is 13.1. The average Bonchev–Trinajstić information content (AvgIpc) is 2.95. The first kappa shape index (κ1) is 15.7. The van der Waals surface area contributed by atoms with E-state index in [2.05, 4.69) is 4.99 Å². The molecule has 0 aromatic heterocycles. The fourth-order valence-corrected chi connectivity index (χ4v) is 2.33. The summed E-state index contributed by atoms with van der Waals surface area (Å²) in [4.78, 5) is 16.1. The van der Waals surface area contributed by atoms with Crippen molar-refractivity contribution >= 4 is 17.9 Å². The number of para-hydroxylation sites is 1. The number of carbonyl (C=O) groups excluding carboxylic acids is 1. The molecule has 0 atom stereocenters. The summed E-state index contributed by atoms with van der Waals surface area (Å²) in [7, 11) is 3.02. The quantitative estimate of drug-likeness (QED) is 0.639. The van der Waals surface area contributed by atoms with Crippen LogP contribution in [0.3, 0.4) is 0 Å². The van der Waals surface area contributed by atoms with E-state index in [1.54, 1.807) is 30.3 Å². The van der Waals surface area contributed by atoms with Crippen LogP contribution in [0, 0.1) is 5.82 Å². The van der Waals surface area contributed by atoms with Crippen LogP contribution in [-0.2, 0) is 9.53 Å². The zero-order chi connectivity index (χ0) is 17.1. The molecule has 0 saturated carbocycles. The Morgan fingerprint density at radius 3 is 2.58 bits per heavy atom. The number of nitrogens with zero attached hydrogens (tertiary/aromatic N) is 1. The molecule has 0 spiro atoms. The Morgan fingerprint density at radius 1 is 1.08 bits per heavy atom. The van der Waals surface area contributed by atoms with E-state index in [-0.39, 0.29) is 17.2 Å². The zero-order valence-corrected chi connectivity index (χ0v) is 13.1. The lowest BCUT2D eigenvalue weighted by Gasteiger charge is -2.09. The van der Waals surface area contributed by atoms with Crippen LogP contribution in [0.15, 0.2) is 53.2 Å². The van der Waals surface area contributed by atoms with E-state index in [4.69, 9.17) is 14.2 Å². The molecule has 3 rings (SSSR count). The molecule has 6 heteroatoms. The van der Waals surface area contributed by atoms with Gasteiger partial charge in [-0.25, -0.2) is 14.2 Å². The van der Waals surface area contributed by atoms with Gasteiger partial charge in [-0.15, -0.1) is 0 Å². The third kappa shape index (κ3) is 2.86. The van der Waals surface area contributed by atoms with Crippen molar-refractivity contribution in [1.82, 2.24) is 0 Å². The summed E-state index contributed by atoms with van der Waals surface area (Å²) in [5.74, 6) is -0.236. The third-order valence-electron chi connectivity index (χ3n) is 3.45. The van der Waals surface area contributed by atoms with Gasteiger partial charge < -0.3 is 14.2 Å². The molecule has 0 saturated heterocycles. The number of esters is 1. The van der Waals surface area contributed by atoms with Gasteiger partial charge in [-0.05, 0) is 24.3 Å². The highest BCUT2D eigenvalue weighted by Crippen LogP contribution is 2.33. The van der Waals surface area contributed by atoms with E-state index in [0.717, 1.165) is 0 Å². The number of halogens is 1. The van der Waals surface area contributed by atoms with Crippen molar-refractivity contribution in [3.8, 4) is 11.5 Å². The number of benzene rings is 2. The summed E-state index contributed by atoms with van der Waals surface area (Å²) in [5.41, 5.74) is 0.786. The number of hydrogen-bond acceptors (Lipinski definition) is 5. The van der Waals surface area contributed by atoms with Crippen LogP contribution in [0.25, 0.3) is 6.08 Å². The predicted octanol–water partition coefficient (Wildman–Crippen LogP) is 3.19. The van der Waals surface area contributed by atoms with Gasteiger partial charge in [-0.1, -0.05) is 24.3 Å². The molecule has 0 amide bonds. The smallest absolute Gasteiger partial charge is 0.363 e. The molecule has 0 aliphatic carbocycles. The van der Waals surface area contributed by atoms with Gasteiger partial charge >= 0.3 is 5.97 Å². The molecular weight excluding hydrogens is 313 g/mol. The Labute approximate surface area is 138 Å². The molecule has 0 bridgehead atoms. The van der Waals surface area contributed by atoms with Gasteiger partial charge in [0.05, 0.1) is 19.8 Å². The maximum atomic E-state index is 13.8. The van der Waals surface area contributed by atoms with Gasteiger partial charge in [0, 0.05) is 5.56 Å². The van der Waals surface area contributed by atoms with Crippen molar-refractivity contribution in [1.29, 1.82) is 0 Å². The van der Waals surface area contributed by atoms with Crippen molar-refractivity contribution in [2.75, 3.05) is 14.2 Å². The molecule has 0 N–H and O–H groups in total. The number of rotatable bonds is 4. The number of hydrogen-bond donors (Lipinski definition) is 0. The van der Waals surface area contributed by atoms with Crippen LogP contribution in [-0.4, -0.2) is 26.1 Å². The molecule has 0 fully saturated rings. The Balaban J connectivity index is 2.03. The first-order chi connectivity index (χ1) is 11.6. The third-order valence-corrected chi connectivity index (χ3v) is 3.45. The van der Waals surface area contributed by atoms with E-state index in [1.165, 1.54) is 32.4 Å². The largest absolute Gasteiger partial charge is 0.493 e. The normalized spacial score (nSPS) is 15.2. The average molecular weight is 327 g/mol. The summed E-state index contributed by atoms with van der Waals surface area (Å²) < 4.78 is 29.4. The molecule has 0 radical (unpaired) electrons. The Hall–Kier alpha value is -3.15. The number of cyclic esters (lactones) is 1. The van der Waals surface area contributed by atoms with Gasteiger partial charge in [0.15, 0.2) is 17.2 Å². The highest BCUT2D eigenvalue weighted by atomic mass is 19.1. The van der Waals surface area contributed by atoms with Gasteiger partial charge in [-0.3, -0.25) is 0 Å². The Morgan fingerprint density at radius 2 is 1.88 bits per heavy atom. The van der Waals surface area contributed by atoms with Gasteiger partial charge in [0.1, 0.15) is 5.82 Å². The van der Waals surface area contributed by atoms with E-state index in [0.29, 0.717) is 17.1 Å². The highest BCUT2D eigenvalue weighted by molar-refractivity contribution is 6.13. The standard InChI is InChI=1S/C18H14FNO4/c1-22-15-9-5-6-11(16(15)23-2)10-14-18(21)24-17(20-14)12-7-3-4-8-13(12)19/h3-10H,1-2H3/b14-10-. The van der Waals surface area contributed by atoms with Crippen molar-refractivity contribution in [3.05, 3.63) is 65.1 Å². The second kappa shape index (κ2) is 6.54. The van der Waals surface area contributed by atoms with Crippen LogP contribution < -0.4 is 9.47 Å². The summed E-state index contributed by atoms with van der Waals surface area (Å²) in [6.07, 6.45) is 1.51. The van der Waals surface area contributed by atoms with E-state index in [9.17, 15) is 9.18 Å². The molecule has 0 unspecified atom stereocenters. The molecule has 122 valence electrons. The molecule has 5 nitrogen and oxygen atoms in total. The lowest BCUT2D eigenvalue weighted by Crippen LogP contribution is -2.07. The van der Waals surface area contributed by atoms with Crippen LogP contribution in [0.4, 0.5) is 4.39 Å². The molecule has 1 heterocycles. The number of ether oxygens (including phenoxy) is 3. The summed E-state index contributed by atoms with van der Waals surface area (Å²) >= 11 is 0. The summed E-state index contributed by atoms with van der Waals surface area (Å²) in [6.45, 7) is 0. The van der Waals surface area contributed by atoms with E-state index >= 15 is 0 Å². The molecular formula is C18H14FNO4. The minimum absolute atomic E-state index is 0.0554. The first-order valence-corrected chi connectivity index (χ1v) is 7.12. The van der Waals surface area contributed by atoms with E-state index < -0.39 is 11.8 Å². The molecule has 1 aliphatic heterocycles. The minimum atomic E-state index is -0.655. The van der Waals surface area contributed by atoms with Crippen LogP contribution in [0.2, 0.25) is 0 Å². The highest BCUT2D eigenvalue weighted by Gasteiger charge is 2.26. The van der Waals surface area contributed by atoms with Gasteiger partial charge in [0.25, 0.3) is 0 Å². The van der Waals surface area contributed by atoms with Crippen molar-refractivity contribution in [2.24, 2.45) is 4.99 Å². The Bertz CT molecular complexity index is 858. The number of aliphatic imine (C=N–C) groups is 1. The predicted molar refractivity (Wildman–Crippen MR) is 86.6 cm³/mol. The topological polar surface area (TPSA) is 57.1 Å². The van der Waals surface area contributed by atoms with Crippen LogP contribution in [0.5, 0.6) is 11.5 Å².